The Hall–Kier alpha value is -3.61. The number of imide groups is 1. The summed E-state index contributed by atoms with van der Waals surface area (Å²) in [4.78, 5) is 35.2. The molecular weight excluding hydrogens is 380 g/mol. The number of carbonyl (C=O) groups excluding carboxylic acids is 2. The van der Waals surface area contributed by atoms with E-state index < -0.39 is 12.2 Å². The van der Waals surface area contributed by atoms with Gasteiger partial charge in [0, 0.05) is 19.2 Å². The molecular formula is C23H22N4O3. The number of amidine groups is 1. The molecule has 0 bridgehead atoms. The molecule has 0 spiro atoms. The number of benzene rings is 2. The van der Waals surface area contributed by atoms with E-state index in [-0.39, 0.29) is 11.9 Å². The van der Waals surface area contributed by atoms with Gasteiger partial charge in [0.05, 0.1) is 6.20 Å². The fourth-order valence-corrected chi connectivity index (χ4v) is 4.11. The summed E-state index contributed by atoms with van der Waals surface area (Å²) < 4.78 is 5.90. The molecule has 1 saturated heterocycles. The third kappa shape index (κ3) is 3.03. The van der Waals surface area contributed by atoms with Crippen LogP contribution in [-0.4, -0.2) is 58.5 Å². The fourth-order valence-electron chi connectivity index (χ4n) is 4.11. The second-order valence-electron chi connectivity index (χ2n) is 7.61. The van der Waals surface area contributed by atoms with Gasteiger partial charge in [0.1, 0.15) is 0 Å². The van der Waals surface area contributed by atoms with Crippen molar-refractivity contribution in [1.29, 1.82) is 0 Å². The number of likely N-dealkylation sites (N-methyl/N-ethyl adjacent to an activating group) is 1. The number of hydrogen-bond acceptors (Lipinski definition) is 5. The highest BCUT2D eigenvalue weighted by molar-refractivity contribution is 6.04. The van der Waals surface area contributed by atoms with Gasteiger partial charge < -0.3 is 9.64 Å². The maximum absolute atomic E-state index is 13.3. The molecule has 2 unspecified atom stereocenters. The average molecular weight is 402 g/mol. The van der Waals surface area contributed by atoms with Crippen LogP contribution in [0.5, 0.6) is 0 Å². The third-order valence-electron chi connectivity index (χ3n) is 5.70. The number of urea groups is 1. The van der Waals surface area contributed by atoms with Crippen molar-refractivity contribution < 1.29 is 14.3 Å². The van der Waals surface area contributed by atoms with Gasteiger partial charge >= 0.3 is 6.03 Å². The van der Waals surface area contributed by atoms with Gasteiger partial charge in [-0.2, -0.15) is 0 Å². The summed E-state index contributed by atoms with van der Waals surface area (Å²) in [5, 5.41) is 0. The Labute approximate surface area is 174 Å². The number of hydrogen-bond donors (Lipinski definition) is 0. The van der Waals surface area contributed by atoms with Gasteiger partial charge in [0.15, 0.2) is 18.0 Å². The largest absolute Gasteiger partial charge is 0.423 e. The summed E-state index contributed by atoms with van der Waals surface area (Å²) in [5.41, 5.74) is 2.11. The van der Waals surface area contributed by atoms with Gasteiger partial charge in [-0.05, 0) is 18.4 Å². The van der Waals surface area contributed by atoms with Gasteiger partial charge in [-0.3, -0.25) is 14.6 Å². The molecule has 3 aliphatic rings. The van der Waals surface area contributed by atoms with Gasteiger partial charge in [0.2, 0.25) is 0 Å². The molecule has 0 saturated carbocycles. The molecule has 0 aliphatic carbocycles. The van der Waals surface area contributed by atoms with Crippen LogP contribution in [0.4, 0.5) is 4.79 Å². The molecule has 2 atom stereocenters. The zero-order chi connectivity index (χ0) is 20.7. The molecule has 2 aromatic rings. The van der Waals surface area contributed by atoms with Gasteiger partial charge in [-0.15, -0.1) is 0 Å². The first-order valence-electron chi connectivity index (χ1n) is 10.1. The first kappa shape index (κ1) is 18.4. The minimum Gasteiger partial charge on any atom is -0.423 e. The number of rotatable bonds is 5. The maximum Gasteiger partial charge on any atom is 0.328 e. The second kappa shape index (κ2) is 7.33. The van der Waals surface area contributed by atoms with Crippen molar-refractivity contribution in [3.8, 4) is 0 Å². The number of carbonyl (C=O) groups is 2. The molecule has 2 aromatic carbocycles. The van der Waals surface area contributed by atoms with E-state index in [1.807, 2.05) is 54.7 Å². The summed E-state index contributed by atoms with van der Waals surface area (Å²) >= 11 is 0. The van der Waals surface area contributed by atoms with Crippen LogP contribution < -0.4 is 0 Å². The number of amides is 3. The molecule has 7 nitrogen and oxygen atoms in total. The summed E-state index contributed by atoms with van der Waals surface area (Å²) in [6, 6.07) is 19.2. The number of aryl methyl sites for hydroxylation is 1. The van der Waals surface area contributed by atoms with Crippen molar-refractivity contribution in [1.82, 2.24) is 14.7 Å². The quantitative estimate of drug-likeness (QED) is 0.771. The normalized spacial score (nSPS) is 22.5. The van der Waals surface area contributed by atoms with Crippen LogP contribution in [0, 0.1) is 0 Å². The van der Waals surface area contributed by atoms with E-state index in [0.717, 1.165) is 12.0 Å². The fraction of sp³-hybridized carbons (Fsp3) is 0.261. The molecule has 3 heterocycles. The van der Waals surface area contributed by atoms with Crippen molar-refractivity contribution in [3.63, 3.8) is 0 Å². The molecule has 3 aliphatic heterocycles. The third-order valence-corrected chi connectivity index (χ3v) is 5.70. The number of fused-ring (bicyclic) bond motifs is 3. The van der Waals surface area contributed by atoms with Gasteiger partial charge in [-0.1, -0.05) is 60.7 Å². The van der Waals surface area contributed by atoms with E-state index in [4.69, 9.17) is 4.74 Å². The van der Waals surface area contributed by atoms with E-state index in [9.17, 15) is 9.59 Å². The SMILES string of the molecule is CN1C(=O)N(CCCc2ccccc2)C(=O)C2C1N=C1OC(c3ccccc3)=CN12. The highest BCUT2D eigenvalue weighted by Gasteiger charge is 2.53. The molecule has 7 heteroatoms. The van der Waals surface area contributed by atoms with Crippen molar-refractivity contribution in [2.45, 2.75) is 25.0 Å². The van der Waals surface area contributed by atoms with Gasteiger partial charge in [0.25, 0.3) is 11.9 Å². The Morgan fingerprint density at radius 2 is 1.70 bits per heavy atom. The van der Waals surface area contributed by atoms with Crippen LogP contribution >= 0.6 is 0 Å². The zero-order valence-corrected chi connectivity index (χ0v) is 16.6. The molecule has 0 radical (unpaired) electrons. The summed E-state index contributed by atoms with van der Waals surface area (Å²) in [5.74, 6) is 0.417. The highest BCUT2D eigenvalue weighted by atomic mass is 16.5. The number of ether oxygens (including phenoxy) is 1. The van der Waals surface area contributed by atoms with Crippen LogP contribution in [-0.2, 0) is 16.0 Å². The minimum absolute atomic E-state index is 0.232. The smallest absolute Gasteiger partial charge is 0.328 e. The van der Waals surface area contributed by atoms with E-state index in [0.29, 0.717) is 24.7 Å². The molecule has 0 aromatic heterocycles. The Morgan fingerprint density at radius 3 is 2.43 bits per heavy atom. The van der Waals surface area contributed by atoms with Crippen molar-refractivity contribution in [2.24, 2.45) is 4.99 Å². The number of aliphatic imine (C=N–C) groups is 1. The molecule has 152 valence electrons. The first-order valence-corrected chi connectivity index (χ1v) is 10.1. The standard InChI is InChI=1S/C23H22N4O3/c1-25-20-19(27-15-18(30-22(27)24-20)17-12-6-3-7-13-17)21(28)26(23(25)29)14-8-11-16-9-4-2-5-10-16/h2-7,9-10,12-13,15,19-20H,8,11,14H2,1H3. The molecule has 1 fully saturated rings. The monoisotopic (exact) mass is 402 g/mol. The summed E-state index contributed by atoms with van der Waals surface area (Å²) in [7, 11) is 1.69. The van der Waals surface area contributed by atoms with E-state index >= 15 is 0 Å². The lowest BCUT2D eigenvalue weighted by Crippen LogP contribution is -2.64. The molecule has 3 amide bonds. The highest BCUT2D eigenvalue weighted by Crippen LogP contribution is 2.35. The minimum atomic E-state index is -0.597. The van der Waals surface area contributed by atoms with E-state index in [2.05, 4.69) is 17.1 Å². The second-order valence-corrected chi connectivity index (χ2v) is 7.61. The Balaban J connectivity index is 1.33. The topological polar surface area (TPSA) is 65.5 Å². The Bertz CT molecular complexity index is 1030. The average Bonchev–Trinajstić information content (AvgIpc) is 3.34. The zero-order valence-electron chi connectivity index (χ0n) is 16.6. The molecule has 5 rings (SSSR count). The molecule has 0 N–H and O–H groups in total. The van der Waals surface area contributed by atoms with Crippen molar-refractivity contribution >= 4 is 23.7 Å². The predicted octanol–water partition coefficient (Wildman–Crippen LogP) is 2.91. The predicted molar refractivity (Wildman–Crippen MR) is 112 cm³/mol. The Kier molecular flexibility index (Phi) is 4.50. The summed E-state index contributed by atoms with van der Waals surface area (Å²) in [6.45, 7) is 0.374. The van der Waals surface area contributed by atoms with Crippen LogP contribution in [0.2, 0.25) is 0 Å². The maximum atomic E-state index is 13.3. The lowest BCUT2D eigenvalue weighted by atomic mass is 10.1. The lowest BCUT2D eigenvalue weighted by Gasteiger charge is -2.39. The molecule has 30 heavy (non-hydrogen) atoms. The number of nitrogens with zero attached hydrogens (tertiary/aromatic N) is 4. The lowest BCUT2D eigenvalue weighted by molar-refractivity contribution is -0.136. The van der Waals surface area contributed by atoms with Crippen LogP contribution in [0.1, 0.15) is 17.5 Å². The van der Waals surface area contributed by atoms with E-state index in [1.54, 1.807) is 11.9 Å². The first-order chi connectivity index (χ1) is 14.6. The van der Waals surface area contributed by atoms with Crippen molar-refractivity contribution in [2.75, 3.05) is 13.6 Å². The van der Waals surface area contributed by atoms with Crippen LogP contribution in [0.25, 0.3) is 5.76 Å². The van der Waals surface area contributed by atoms with Crippen molar-refractivity contribution in [3.05, 3.63) is 78.0 Å². The Morgan fingerprint density at radius 1 is 1.00 bits per heavy atom. The van der Waals surface area contributed by atoms with Gasteiger partial charge in [-0.25, -0.2) is 9.79 Å². The summed E-state index contributed by atoms with van der Waals surface area (Å²) in [6.07, 6.45) is 2.76. The van der Waals surface area contributed by atoms with Crippen LogP contribution in [0.15, 0.2) is 71.9 Å². The van der Waals surface area contributed by atoms with E-state index in [1.165, 1.54) is 15.4 Å². The van der Waals surface area contributed by atoms with Crippen LogP contribution in [0.3, 0.4) is 0 Å².